The van der Waals surface area contributed by atoms with Gasteiger partial charge in [0.05, 0.1) is 6.04 Å². The highest BCUT2D eigenvalue weighted by molar-refractivity contribution is 5.84. The molecule has 0 aliphatic carbocycles. The minimum Gasteiger partial charge on any atom is -0.322 e. The van der Waals surface area contributed by atoms with Crippen LogP contribution in [0, 0.1) is 11.6 Å². The molecule has 1 aromatic rings. The third-order valence-electron chi connectivity index (χ3n) is 3.55. The summed E-state index contributed by atoms with van der Waals surface area (Å²) in [6, 6.07) is 3.57. The van der Waals surface area contributed by atoms with E-state index in [1.807, 2.05) is 13.8 Å². The lowest BCUT2D eigenvalue weighted by molar-refractivity contribution is -0.130. The second-order valence-corrected chi connectivity index (χ2v) is 5.12. The Balaban J connectivity index is 2.27. The number of rotatable bonds is 5. The Morgan fingerprint density at radius 1 is 1.20 bits per heavy atom. The Morgan fingerprint density at radius 2 is 1.95 bits per heavy atom. The summed E-state index contributed by atoms with van der Waals surface area (Å²) in [5.41, 5.74) is 0.587. The van der Waals surface area contributed by atoms with E-state index in [1.54, 1.807) is 4.90 Å². The molecule has 1 aliphatic heterocycles. The fraction of sp³-hybridized carbons (Fsp3) is 0.533. The lowest BCUT2D eigenvalue weighted by Crippen LogP contribution is -2.31. The predicted molar refractivity (Wildman–Crippen MR) is 72.9 cm³/mol. The zero-order chi connectivity index (χ0) is 14.7. The minimum atomic E-state index is -0.882. The summed E-state index contributed by atoms with van der Waals surface area (Å²) >= 11 is 0. The van der Waals surface area contributed by atoms with E-state index in [4.69, 9.17) is 0 Å². The minimum absolute atomic E-state index is 0.0448. The number of amides is 1. The molecule has 20 heavy (non-hydrogen) atoms. The van der Waals surface area contributed by atoms with E-state index in [2.05, 4.69) is 5.32 Å². The highest BCUT2D eigenvalue weighted by Crippen LogP contribution is 2.28. The van der Waals surface area contributed by atoms with Crippen LogP contribution in [0.25, 0.3) is 0 Å². The van der Waals surface area contributed by atoms with Gasteiger partial charge in [-0.3, -0.25) is 10.1 Å². The van der Waals surface area contributed by atoms with E-state index in [-0.39, 0.29) is 18.1 Å². The van der Waals surface area contributed by atoms with E-state index < -0.39 is 11.6 Å². The number of halogens is 2. The quantitative estimate of drug-likeness (QED) is 0.900. The molecule has 1 heterocycles. The van der Waals surface area contributed by atoms with Gasteiger partial charge in [-0.25, -0.2) is 8.78 Å². The molecule has 1 aliphatic rings. The first-order valence-electron chi connectivity index (χ1n) is 7.10. The lowest BCUT2D eigenvalue weighted by Gasteiger charge is -2.24. The standard InChI is InChI=1S/C15H20F2N2O/c1-3-5-13-15(20)19(8-4-2)14(18-13)10-6-7-11(16)12(17)9-10/h6-7,9,13-14,18H,3-5,8H2,1-2H3. The van der Waals surface area contributed by atoms with Crippen LogP contribution in [0.2, 0.25) is 0 Å². The van der Waals surface area contributed by atoms with Crippen LogP contribution in [0.15, 0.2) is 18.2 Å². The molecule has 1 fully saturated rings. The van der Waals surface area contributed by atoms with Crippen LogP contribution >= 0.6 is 0 Å². The zero-order valence-electron chi connectivity index (χ0n) is 11.8. The van der Waals surface area contributed by atoms with Gasteiger partial charge < -0.3 is 4.90 Å². The molecule has 0 spiro atoms. The van der Waals surface area contributed by atoms with Crippen LogP contribution in [0.5, 0.6) is 0 Å². The largest absolute Gasteiger partial charge is 0.322 e. The Morgan fingerprint density at radius 3 is 2.55 bits per heavy atom. The van der Waals surface area contributed by atoms with Crippen molar-refractivity contribution in [2.24, 2.45) is 0 Å². The van der Waals surface area contributed by atoms with Crippen LogP contribution in [0.4, 0.5) is 8.78 Å². The highest BCUT2D eigenvalue weighted by Gasteiger charge is 2.38. The van der Waals surface area contributed by atoms with Crippen LogP contribution in [0.1, 0.15) is 44.8 Å². The first-order chi connectivity index (χ1) is 9.58. The Hall–Kier alpha value is -1.49. The maximum absolute atomic E-state index is 13.4. The number of hydrogen-bond donors (Lipinski definition) is 1. The molecule has 2 atom stereocenters. The molecule has 1 N–H and O–H groups in total. The van der Waals surface area contributed by atoms with E-state index in [1.165, 1.54) is 6.07 Å². The van der Waals surface area contributed by atoms with E-state index >= 15 is 0 Å². The average Bonchev–Trinajstić information content (AvgIpc) is 2.72. The Labute approximate surface area is 118 Å². The van der Waals surface area contributed by atoms with Crippen molar-refractivity contribution >= 4 is 5.91 Å². The van der Waals surface area contributed by atoms with Crippen molar-refractivity contribution in [2.45, 2.75) is 45.3 Å². The molecule has 2 rings (SSSR count). The summed E-state index contributed by atoms with van der Waals surface area (Å²) in [6.45, 7) is 4.61. The molecule has 1 amide bonds. The van der Waals surface area contributed by atoms with Gasteiger partial charge in [-0.05, 0) is 30.5 Å². The molecule has 5 heteroatoms. The van der Waals surface area contributed by atoms with Gasteiger partial charge in [0, 0.05) is 6.54 Å². The number of hydrogen-bond acceptors (Lipinski definition) is 2. The van der Waals surface area contributed by atoms with E-state index in [0.29, 0.717) is 12.1 Å². The molecule has 0 bridgehead atoms. The molecule has 3 nitrogen and oxygen atoms in total. The van der Waals surface area contributed by atoms with Crippen molar-refractivity contribution in [3.8, 4) is 0 Å². The molecule has 0 aromatic heterocycles. The van der Waals surface area contributed by atoms with Crippen molar-refractivity contribution in [3.63, 3.8) is 0 Å². The second kappa shape index (κ2) is 6.31. The summed E-state index contributed by atoms with van der Waals surface area (Å²) in [7, 11) is 0. The van der Waals surface area contributed by atoms with Gasteiger partial charge in [0.15, 0.2) is 11.6 Å². The van der Waals surface area contributed by atoms with Gasteiger partial charge in [0.2, 0.25) is 5.91 Å². The highest BCUT2D eigenvalue weighted by atomic mass is 19.2. The van der Waals surface area contributed by atoms with Gasteiger partial charge in [-0.15, -0.1) is 0 Å². The summed E-state index contributed by atoms with van der Waals surface area (Å²) in [5.74, 6) is -1.71. The fourth-order valence-corrected chi connectivity index (χ4v) is 2.61. The van der Waals surface area contributed by atoms with Crippen molar-refractivity contribution < 1.29 is 13.6 Å². The van der Waals surface area contributed by atoms with Crippen molar-refractivity contribution in [3.05, 3.63) is 35.4 Å². The maximum atomic E-state index is 13.4. The second-order valence-electron chi connectivity index (χ2n) is 5.12. The fourth-order valence-electron chi connectivity index (χ4n) is 2.61. The lowest BCUT2D eigenvalue weighted by atomic mass is 10.1. The van der Waals surface area contributed by atoms with E-state index in [9.17, 15) is 13.6 Å². The monoisotopic (exact) mass is 282 g/mol. The first kappa shape index (κ1) is 14.9. The van der Waals surface area contributed by atoms with Crippen LogP contribution in [-0.4, -0.2) is 23.4 Å². The summed E-state index contributed by atoms with van der Waals surface area (Å²) in [4.78, 5) is 14.0. The molecule has 110 valence electrons. The SMILES string of the molecule is CCCC1NC(c2ccc(F)c(F)c2)N(CCC)C1=O. The number of nitrogens with one attached hydrogen (secondary N) is 1. The van der Waals surface area contributed by atoms with Crippen molar-refractivity contribution in [1.29, 1.82) is 0 Å². The molecule has 0 radical (unpaired) electrons. The number of benzene rings is 1. The molecule has 1 aromatic carbocycles. The van der Waals surface area contributed by atoms with Gasteiger partial charge in [-0.1, -0.05) is 26.3 Å². The Kier molecular flexibility index (Phi) is 4.70. The molecule has 2 unspecified atom stereocenters. The van der Waals surface area contributed by atoms with Gasteiger partial charge in [-0.2, -0.15) is 0 Å². The number of carbonyl (C=O) groups excluding carboxylic acids is 1. The zero-order valence-corrected chi connectivity index (χ0v) is 11.8. The first-order valence-corrected chi connectivity index (χ1v) is 7.10. The van der Waals surface area contributed by atoms with Gasteiger partial charge in [0.1, 0.15) is 6.17 Å². The van der Waals surface area contributed by atoms with Gasteiger partial charge >= 0.3 is 0 Å². The summed E-state index contributed by atoms with van der Waals surface area (Å²) < 4.78 is 26.4. The Bertz CT molecular complexity index is 493. The van der Waals surface area contributed by atoms with Crippen molar-refractivity contribution in [1.82, 2.24) is 10.2 Å². The summed E-state index contributed by atoms with van der Waals surface area (Å²) in [6.07, 6.45) is 2.11. The third-order valence-corrected chi connectivity index (χ3v) is 3.55. The van der Waals surface area contributed by atoms with Crippen LogP contribution in [0.3, 0.4) is 0 Å². The molecular formula is C15H20F2N2O. The number of carbonyl (C=O) groups is 1. The van der Waals surface area contributed by atoms with Crippen molar-refractivity contribution in [2.75, 3.05) is 6.54 Å². The summed E-state index contributed by atoms with van der Waals surface area (Å²) in [5, 5.41) is 3.23. The number of nitrogens with zero attached hydrogens (tertiary/aromatic N) is 1. The van der Waals surface area contributed by atoms with Crippen LogP contribution in [-0.2, 0) is 4.79 Å². The molecule has 0 saturated carbocycles. The third kappa shape index (κ3) is 2.82. The van der Waals surface area contributed by atoms with Crippen LogP contribution < -0.4 is 5.32 Å². The average molecular weight is 282 g/mol. The van der Waals surface area contributed by atoms with Gasteiger partial charge in [0.25, 0.3) is 0 Å². The maximum Gasteiger partial charge on any atom is 0.241 e. The molecule has 1 saturated heterocycles. The molecular weight excluding hydrogens is 262 g/mol. The topological polar surface area (TPSA) is 32.3 Å². The normalized spacial score (nSPS) is 22.6. The smallest absolute Gasteiger partial charge is 0.241 e. The van der Waals surface area contributed by atoms with E-state index in [0.717, 1.165) is 31.4 Å². The predicted octanol–water partition coefficient (Wildman–Crippen LogP) is 2.97.